The van der Waals surface area contributed by atoms with E-state index >= 15 is 0 Å². The quantitative estimate of drug-likeness (QED) is 0.220. The predicted octanol–water partition coefficient (Wildman–Crippen LogP) is -5.40. The minimum Gasteiger partial charge on any atom is -0.394 e. The monoisotopic (exact) mass is 354 g/mol. The van der Waals surface area contributed by atoms with Crippen LogP contribution in [0.25, 0.3) is 0 Å². The second kappa shape index (κ2) is 7.21. The lowest BCUT2D eigenvalue weighted by atomic mass is 10.9. The molecule has 2 rings (SSSR count). The Morgan fingerprint density at radius 3 is 1.87 bits per heavy atom. The van der Waals surface area contributed by atoms with Crippen LogP contribution in [0.15, 0.2) is 0 Å². The van der Waals surface area contributed by atoms with E-state index in [-0.39, 0.29) is 0 Å². The molecule has 8 N–H and O–H groups in total. The highest BCUT2D eigenvalue weighted by molar-refractivity contribution is 4.98. The first-order valence-corrected chi connectivity index (χ1v) is 7.05. The molecule has 2 aliphatic heterocycles. The Kier molecular flexibility index (Phi) is 5.92. The van der Waals surface area contributed by atoms with Crippen LogP contribution in [0.3, 0.4) is 0 Å². The number of aliphatic hydroxyl groups is 8. The highest BCUT2D eigenvalue weighted by Gasteiger charge is 2.58. The Morgan fingerprint density at radius 1 is 0.783 bits per heavy atom. The molecule has 0 saturated carbocycles. The van der Waals surface area contributed by atoms with Crippen molar-refractivity contribution >= 4 is 0 Å². The Balaban J connectivity index is 2.18. The minimum atomic E-state index is -2.22. The SMILES string of the molecule is O[13CH2][13C@H]1O[13C]([13CH2]O)(O[13C@H]2O[13C@H]([13CH2]O)[13C@@H](O)[13C@H](O)[13C@H]2O)[13C@@H](O)[13C@@H]1O. The van der Waals surface area contributed by atoms with Gasteiger partial charge < -0.3 is 55.1 Å². The second-order valence-corrected chi connectivity index (χ2v) is 5.56. The summed E-state index contributed by atoms with van der Waals surface area (Å²) in [5, 5.41) is 76.7. The molecule has 0 radical (unpaired) electrons. The lowest BCUT2D eigenvalue weighted by molar-refractivity contribution is -0.383. The van der Waals surface area contributed by atoms with E-state index in [1.807, 2.05) is 0 Å². The molecule has 2 aliphatic rings. The van der Waals surface area contributed by atoms with E-state index in [4.69, 9.17) is 24.4 Å². The van der Waals surface area contributed by atoms with Crippen molar-refractivity contribution in [2.24, 2.45) is 0 Å². The van der Waals surface area contributed by atoms with E-state index in [2.05, 4.69) is 0 Å². The molecule has 1 unspecified atom stereocenters. The fourth-order valence-electron chi connectivity index (χ4n) is 2.63. The molecule has 0 aliphatic carbocycles. The van der Waals surface area contributed by atoms with Gasteiger partial charge in [0.25, 0.3) is 0 Å². The van der Waals surface area contributed by atoms with Gasteiger partial charge in [-0.2, -0.15) is 0 Å². The van der Waals surface area contributed by atoms with Gasteiger partial charge in [0.05, 0.1) is 13.2 Å². The van der Waals surface area contributed by atoms with Gasteiger partial charge in [-0.25, -0.2) is 0 Å². The van der Waals surface area contributed by atoms with Gasteiger partial charge in [-0.15, -0.1) is 0 Å². The number of hydrogen-bond donors (Lipinski definition) is 8. The van der Waals surface area contributed by atoms with E-state index < -0.39 is 74.6 Å². The average Bonchev–Trinajstić information content (AvgIpc) is 2.80. The van der Waals surface area contributed by atoms with Crippen molar-refractivity contribution in [3.63, 3.8) is 0 Å². The summed E-state index contributed by atoms with van der Waals surface area (Å²) in [6, 6.07) is 0. The Labute approximate surface area is 130 Å². The van der Waals surface area contributed by atoms with E-state index in [0.717, 1.165) is 0 Å². The molecular formula is C12H22O11. The summed E-state index contributed by atoms with van der Waals surface area (Å²) in [7, 11) is 0. The summed E-state index contributed by atoms with van der Waals surface area (Å²) in [5.41, 5.74) is 0. The van der Waals surface area contributed by atoms with Crippen molar-refractivity contribution in [3.8, 4) is 0 Å². The summed E-state index contributed by atoms with van der Waals surface area (Å²) in [6.07, 6.45) is -12.7. The molecule has 2 fully saturated rings. The maximum atomic E-state index is 10.00. The Bertz CT molecular complexity index is 393. The molecule has 0 aromatic heterocycles. The number of hydrogen-bond acceptors (Lipinski definition) is 11. The number of aliphatic hydroxyl groups excluding tert-OH is 8. The zero-order valence-corrected chi connectivity index (χ0v) is 12.0. The van der Waals surface area contributed by atoms with Crippen LogP contribution in [0.1, 0.15) is 0 Å². The van der Waals surface area contributed by atoms with Gasteiger partial charge in [0.2, 0.25) is 5.79 Å². The van der Waals surface area contributed by atoms with E-state index in [1.165, 1.54) is 0 Å². The number of ether oxygens (including phenoxy) is 3. The van der Waals surface area contributed by atoms with Crippen molar-refractivity contribution in [2.45, 2.75) is 54.8 Å². The fraction of sp³-hybridized carbons (Fsp3) is 1.00. The van der Waals surface area contributed by atoms with Crippen molar-refractivity contribution < 1.29 is 55.1 Å². The van der Waals surface area contributed by atoms with E-state index in [1.54, 1.807) is 0 Å². The van der Waals surface area contributed by atoms with Crippen LogP contribution in [0, 0.1) is 0 Å². The van der Waals surface area contributed by atoms with Gasteiger partial charge in [0.15, 0.2) is 6.29 Å². The van der Waals surface area contributed by atoms with Crippen molar-refractivity contribution in [1.82, 2.24) is 0 Å². The van der Waals surface area contributed by atoms with Gasteiger partial charge in [0, 0.05) is 0 Å². The zero-order chi connectivity index (χ0) is 17.4. The zero-order valence-electron chi connectivity index (χ0n) is 12.0. The van der Waals surface area contributed by atoms with Crippen molar-refractivity contribution in [1.29, 1.82) is 0 Å². The molecule has 0 aromatic carbocycles. The van der Waals surface area contributed by atoms with Gasteiger partial charge in [-0.3, -0.25) is 0 Å². The highest BCUT2D eigenvalue weighted by Crippen LogP contribution is 2.35. The minimum absolute atomic E-state index is 0.669. The first-order chi connectivity index (χ1) is 10.8. The fourth-order valence-corrected chi connectivity index (χ4v) is 2.63. The molecule has 9 atom stereocenters. The summed E-state index contributed by atoms with van der Waals surface area (Å²) in [4.78, 5) is 0. The highest BCUT2D eigenvalue weighted by atomic mass is 17.0. The topological polar surface area (TPSA) is 190 Å². The molecule has 0 aromatic rings. The molecule has 2 saturated heterocycles. The first-order valence-electron chi connectivity index (χ1n) is 7.05. The molecule has 0 spiro atoms. The smallest absolute Gasteiger partial charge is 0.224 e. The lowest BCUT2D eigenvalue weighted by Crippen LogP contribution is -2.62. The number of rotatable bonds is 5. The molecule has 2 heterocycles. The van der Waals surface area contributed by atoms with Crippen LogP contribution in [0.4, 0.5) is 0 Å². The third kappa shape index (κ3) is 3.23. The van der Waals surface area contributed by atoms with Crippen LogP contribution in [-0.2, 0) is 14.2 Å². The lowest BCUT2D eigenvalue weighted by Gasteiger charge is -2.43. The standard InChI is InChI=1S/C12H22O11/c13-1-4-6(16)8(18)9(19)11(21-4)23-12(3-15)10(20)7(17)5(2-14)22-12/h4-11,13-20H,1-3H2/t4-,5-,6-,7-,8+,9-,10+,11-,12?/m1/s1/i1+1,2+1,3+1,4+1,5+1,6+1,7+1,8+1,9+1,10+1,11+1,12+1. The van der Waals surface area contributed by atoms with Crippen LogP contribution >= 0.6 is 0 Å². The Hall–Kier alpha value is -0.440. The third-order valence-electron chi connectivity index (χ3n) is 4.07. The second-order valence-electron chi connectivity index (χ2n) is 5.56. The maximum absolute atomic E-state index is 10.00. The first kappa shape index (κ1) is 18.9. The largest absolute Gasteiger partial charge is 0.394 e. The maximum Gasteiger partial charge on any atom is 0.224 e. The van der Waals surface area contributed by atoms with Gasteiger partial charge in [0.1, 0.15) is 49.3 Å². The summed E-state index contributed by atoms with van der Waals surface area (Å²) in [5.74, 6) is -2.22. The molecule has 0 amide bonds. The van der Waals surface area contributed by atoms with Gasteiger partial charge in [-0.1, -0.05) is 0 Å². The van der Waals surface area contributed by atoms with Gasteiger partial charge >= 0.3 is 0 Å². The van der Waals surface area contributed by atoms with Crippen molar-refractivity contribution in [3.05, 3.63) is 0 Å². The normalized spacial score (nSPS) is 51.1. The predicted molar refractivity (Wildman–Crippen MR) is 68.6 cm³/mol. The molecule has 136 valence electrons. The summed E-state index contributed by atoms with van der Waals surface area (Å²) >= 11 is 0. The molecule has 11 heteroatoms. The van der Waals surface area contributed by atoms with Gasteiger partial charge in [-0.05, 0) is 0 Å². The average molecular weight is 354 g/mol. The molecule has 23 heavy (non-hydrogen) atoms. The van der Waals surface area contributed by atoms with E-state index in [9.17, 15) is 30.6 Å². The van der Waals surface area contributed by atoms with E-state index in [0.29, 0.717) is 0 Å². The Morgan fingerprint density at radius 2 is 1.39 bits per heavy atom. The van der Waals surface area contributed by atoms with Crippen LogP contribution in [0.5, 0.6) is 0 Å². The third-order valence-corrected chi connectivity index (χ3v) is 4.07. The molecule has 11 nitrogen and oxygen atoms in total. The molecule has 0 bridgehead atoms. The summed E-state index contributed by atoms with van der Waals surface area (Å²) < 4.78 is 15.4. The van der Waals surface area contributed by atoms with Crippen LogP contribution < -0.4 is 0 Å². The molecular weight excluding hydrogens is 332 g/mol. The van der Waals surface area contributed by atoms with Crippen LogP contribution in [-0.4, -0.2) is 115 Å². The van der Waals surface area contributed by atoms with Crippen LogP contribution in [0.2, 0.25) is 0 Å². The summed E-state index contributed by atoms with van der Waals surface area (Å²) in [6.45, 7) is -2.32. The van der Waals surface area contributed by atoms with Crippen molar-refractivity contribution in [2.75, 3.05) is 19.8 Å².